The fourth-order valence-electron chi connectivity index (χ4n) is 5.04. The molecule has 0 amide bonds. The van der Waals surface area contributed by atoms with Crippen LogP contribution in [0.4, 0.5) is 0 Å². The molecule has 0 saturated heterocycles. The van der Waals surface area contributed by atoms with Crippen LogP contribution in [-0.2, 0) is 13.3 Å². The molecule has 198 valence electrons. The van der Waals surface area contributed by atoms with Crippen LogP contribution in [0, 0.1) is 17.3 Å². The van der Waals surface area contributed by atoms with Crippen molar-refractivity contribution in [3.8, 4) is 11.8 Å². The van der Waals surface area contributed by atoms with Crippen molar-refractivity contribution in [2.45, 2.75) is 97.3 Å². The Balaban J connectivity index is 2.52. The molecule has 0 bridgehead atoms. The van der Waals surface area contributed by atoms with Gasteiger partial charge < -0.3 is 13.3 Å². The minimum absolute atomic E-state index is 0.123. The van der Waals surface area contributed by atoms with Crippen LogP contribution < -0.4 is 0 Å². The van der Waals surface area contributed by atoms with E-state index in [9.17, 15) is 0 Å². The van der Waals surface area contributed by atoms with Crippen molar-refractivity contribution in [2.75, 3.05) is 6.61 Å². The van der Waals surface area contributed by atoms with Crippen LogP contribution in [-0.4, -0.2) is 35.2 Å². The molecule has 0 radical (unpaired) electrons. The zero-order valence-corrected chi connectivity index (χ0v) is 26.0. The van der Waals surface area contributed by atoms with Crippen molar-refractivity contribution in [3.63, 3.8) is 0 Å². The number of hydrogen-bond donors (Lipinski definition) is 0. The molecule has 1 aliphatic rings. The van der Waals surface area contributed by atoms with Crippen molar-refractivity contribution in [1.82, 2.24) is 0 Å². The Morgan fingerprint density at radius 1 is 1.14 bits per heavy atom. The number of benzene rings is 1. The van der Waals surface area contributed by atoms with Gasteiger partial charge in [-0.25, -0.2) is 0 Å². The molecule has 0 aromatic heterocycles. The van der Waals surface area contributed by atoms with E-state index in [1.54, 1.807) is 0 Å². The first-order chi connectivity index (χ1) is 16.9. The summed E-state index contributed by atoms with van der Waals surface area (Å²) in [6.07, 6.45) is 6.39. The number of allylic oxidation sites excluding steroid dienone is 1. The van der Waals surface area contributed by atoms with Gasteiger partial charge in [-0.05, 0) is 70.9 Å². The first-order valence-electron chi connectivity index (χ1n) is 13.4. The predicted octanol–water partition coefficient (Wildman–Crippen LogP) is 8.52. The summed E-state index contributed by atoms with van der Waals surface area (Å²) in [4.78, 5) is 0. The largest absolute Gasteiger partial charge is 0.408 e. The number of rotatable bonds is 14. The van der Waals surface area contributed by atoms with E-state index in [0.717, 1.165) is 30.5 Å². The van der Waals surface area contributed by atoms with Gasteiger partial charge in [0.1, 0.15) is 6.10 Å². The molecular weight excluding hydrogens is 477 g/mol. The van der Waals surface area contributed by atoms with Gasteiger partial charge in [0.25, 0.3) is 0 Å². The Labute approximate surface area is 223 Å². The minimum Gasteiger partial charge on any atom is -0.408 e. The van der Waals surface area contributed by atoms with Gasteiger partial charge in [-0.1, -0.05) is 85.9 Å². The standard InChI is InChI=1S/C31H48O3Si2/c1-11-24-32-36(12-2,13-3)33-29(21-17-18-27(6)25-28-19-15-14-16-20-28)30(7,34-35(8,9)10)31(22-23-31)26(4)5/h11,14-16,19-20,25,29H,1,4,12-13,18,22-24H2,2-3,5-10H3/b27-25+/t29-,30+/m0/s1. The van der Waals surface area contributed by atoms with E-state index in [2.05, 4.69) is 110 Å². The smallest absolute Gasteiger partial charge is 0.338 e. The van der Waals surface area contributed by atoms with Crippen molar-refractivity contribution < 1.29 is 13.3 Å². The van der Waals surface area contributed by atoms with Gasteiger partial charge in [0.2, 0.25) is 0 Å². The second kappa shape index (κ2) is 12.7. The van der Waals surface area contributed by atoms with Gasteiger partial charge in [-0.15, -0.1) is 6.58 Å². The highest BCUT2D eigenvalue weighted by atomic mass is 28.4. The lowest BCUT2D eigenvalue weighted by molar-refractivity contribution is -0.0631. The van der Waals surface area contributed by atoms with Crippen LogP contribution in [0.25, 0.3) is 6.08 Å². The highest BCUT2D eigenvalue weighted by molar-refractivity contribution is 6.70. The SMILES string of the molecule is C=CCO[Si](CC)(CC)O[C@@H](C#CC/C(C)=C/c1ccccc1)[C@@](C)(O[Si](C)(C)C)C1(C(=C)C)CC1. The third-order valence-corrected chi connectivity index (χ3v) is 11.8. The molecule has 1 aromatic carbocycles. The van der Waals surface area contributed by atoms with E-state index >= 15 is 0 Å². The van der Waals surface area contributed by atoms with Gasteiger partial charge >= 0.3 is 8.56 Å². The van der Waals surface area contributed by atoms with E-state index in [1.165, 1.54) is 11.1 Å². The molecule has 3 nitrogen and oxygen atoms in total. The maximum atomic E-state index is 7.06. The lowest BCUT2D eigenvalue weighted by Crippen LogP contribution is -2.59. The van der Waals surface area contributed by atoms with Gasteiger partial charge in [-0.2, -0.15) is 0 Å². The highest BCUT2D eigenvalue weighted by Crippen LogP contribution is 2.62. The van der Waals surface area contributed by atoms with Crippen LogP contribution in [0.15, 0.2) is 60.7 Å². The first kappa shape index (κ1) is 30.5. The maximum Gasteiger partial charge on any atom is 0.338 e. The Hall–Kier alpha value is -1.69. The van der Waals surface area contributed by atoms with Crippen molar-refractivity contribution in [1.29, 1.82) is 0 Å². The van der Waals surface area contributed by atoms with Crippen LogP contribution in [0.5, 0.6) is 0 Å². The topological polar surface area (TPSA) is 27.7 Å². The molecule has 1 fully saturated rings. The highest BCUT2D eigenvalue weighted by Gasteiger charge is 2.63. The van der Waals surface area contributed by atoms with Crippen molar-refractivity contribution >= 4 is 23.0 Å². The molecule has 0 unspecified atom stereocenters. The van der Waals surface area contributed by atoms with Crippen LogP contribution >= 0.6 is 0 Å². The summed E-state index contributed by atoms with van der Waals surface area (Å²) in [5, 5.41) is 0. The van der Waals surface area contributed by atoms with E-state index in [4.69, 9.17) is 13.3 Å². The molecule has 1 aromatic rings. The molecule has 2 atom stereocenters. The molecular formula is C31H48O3Si2. The monoisotopic (exact) mass is 524 g/mol. The Morgan fingerprint density at radius 2 is 1.75 bits per heavy atom. The summed E-state index contributed by atoms with van der Waals surface area (Å²) in [6, 6.07) is 12.1. The molecule has 36 heavy (non-hydrogen) atoms. The molecule has 0 spiro atoms. The van der Waals surface area contributed by atoms with E-state index in [1.807, 2.05) is 12.1 Å². The summed E-state index contributed by atoms with van der Waals surface area (Å²) < 4.78 is 20.5. The third-order valence-electron chi connectivity index (χ3n) is 7.22. The molecule has 0 N–H and O–H groups in total. The van der Waals surface area contributed by atoms with E-state index < -0.39 is 28.6 Å². The third kappa shape index (κ3) is 7.66. The zero-order chi connectivity index (χ0) is 27.0. The molecule has 0 heterocycles. The average Bonchev–Trinajstić information content (AvgIpc) is 3.63. The van der Waals surface area contributed by atoms with Crippen LogP contribution in [0.1, 0.15) is 59.4 Å². The van der Waals surface area contributed by atoms with Crippen LogP contribution in [0.2, 0.25) is 31.7 Å². The second-order valence-corrected chi connectivity index (χ2v) is 19.5. The lowest BCUT2D eigenvalue weighted by Gasteiger charge is -2.48. The minimum atomic E-state index is -2.52. The molecule has 1 aliphatic carbocycles. The summed E-state index contributed by atoms with van der Waals surface area (Å²) >= 11 is 0. The lowest BCUT2D eigenvalue weighted by atomic mass is 9.77. The molecule has 0 aliphatic heterocycles. The number of hydrogen-bond acceptors (Lipinski definition) is 3. The summed E-state index contributed by atoms with van der Waals surface area (Å²) in [7, 11) is -4.47. The molecule has 1 saturated carbocycles. The summed E-state index contributed by atoms with van der Waals surface area (Å²) in [5.74, 6) is 7.04. The summed E-state index contributed by atoms with van der Waals surface area (Å²) in [6.45, 7) is 26.3. The Bertz CT molecular complexity index is 973. The van der Waals surface area contributed by atoms with Crippen molar-refractivity contribution in [3.05, 3.63) is 66.3 Å². The average molecular weight is 525 g/mol. The Morgan fingerprint density at radius 3 is 2.22 bits per heavy atom. The Kier molecular flexibility index (Phi) is 10.8. The van der Waals surface area contributed by atoms with Crippen LogP contribution in [0.3, 0.4) is 0 Å². The quantitative estimate of drug-likeness (QED) is 0.139. The normalized spacial score (nSPS) is 17.9. The zero-order valence-electron chi connectivity index (χ0n) is 24.0. The van der Waals surface area contributed by atoms with E-state index in [0.29, 0.717) is 13.0 Å². The maximum absolute atomic E-state index is 7.06. The molecule has 2 rings (SSSR count). The van der Waals surface area contributed by atoms with Crippen molar-refractivity contribution in [2.24, 2.45) is 5.41 Å². The van der Waals surface area contributed by atoms with Gasteiger partial charge in [-0.3, -0.25) is 0 Å². The fraction of sp³-hybridized carbons (Fsp3) is 0.548. The van der Waals surface area contributed by atoms with Gasteiger partial charge in [0, 0.05) is 11.8 Å². The first-order valence-corrected chi connectivity index (χ1v) is 19.0. The fourth-order valence-corrected chi connectivity index (χ4v) is 9.06. The van der Waals surface area contributed by atoms with Gasteiger partial charge in [0.05, 0.1) is 12.2 Å². The summed E-state index contributed by atoms with van der Waals surface area (Å²) in [5.41, 5.74) is 2.86. The van der Waals surface area contributed by atoms with E-state index in [-0.39, 0.29) is 5.41 Å². The molecule has 5 heteroatoms. The predicted molar refractivity (Wildman–Crippen MR) is 160 cm³/mol. The van der Waals surface area contributed by atoms with Gasteiger partial charge in [0.15, 0.2) is 8.32 Å². The second-order valence-electron chi connectivity index (χ2n) is 11.3.